The van der Waals surface area contributed by atoms with E-state index in [1.54, 1.807) is 25.1 Å². The van der Waals surface area contributed by atoms with E-state index in [0.29, 0.717) is 16.3 Å². The number of halogens is 1. The van der Waals surface area contributed by atoms with Crippen molar-refractivity contribution in [3.05, 3.63) is 28.8 Å². The molecule has 0 bridgehead atoms. The van der Waals surface area contributed by atoms with Gasteiger partial charge in [-0.15, -0.1) is 0 Å². The van der Waals surface area contributed by atoms with Gasteiger partial charge in [-0.1, -0.05) is 17.7 Å². The number of nitrogens with one attached hydrogen (secondary N) is 1. The minimum atomic E-state index is -3.31. The number of methoxy groups -OCH3 is 1. The van der Waals surface area contributed by atoms with Gasteiger partial charge in [0.2, 0.25) is 10.0 Å². The standard InChI is InChI=1S/C13H18ClNO5S/c1-9(8-15-21(3,17)18)20-13(16)7-10-11(14)5-4-6-12(10)19-2/h4-6,9,15H,7-8H2,1-3H3/t9-/m1/s1. The maximum absolute atomic E-state index is 11.9. The van der Waals surface area contributed by atoms with Gasteiger partial charge in [0, 0.05) is 17.1 Å². The van der Waals surface area contributed by atoms with Crippen LogP contribution in [0.3, 0.4) is 0 Å². The Morgan fingerprint density at radius 1 is 1.43 bits per heavy atom. The van der Waals surface area contributed by atoms with Gasteiger partial charge in [-0.05, 0) is 19.1 Å². The van der Waals surface area contributed by atoms with Crippen LogP contribution in [0.5, 0.6) is 5.75 Å². The SMILES string of the molecule is COc1cccc(Cl)c1CC(=O)O[C@H](C)CNS(C)(=O)=O. The van der Waals surface area contributed by atoms with Gasteiger partial charge in [-0.2, -0.15) is 0 Å². The Morgan fingerprint density at radius 2 is 2.10 bits per heavy atom. The summed E-state index contributed by atoms with van der Waals surface area (Å²) in [5, 5.41) is 0.410. The minimum Gasteiger partial charge on any atom is -0.496 e. The van der Waals surface area contributed by atoms with Crippen molar-refractivity contribution in [2.45, 2.75) is 19.4 Å². The van der Waals surface area contributed by atoms with Crippen LogP contribution >= 0.6 is 11.6 Å². The number of hydrogen-bond donors (Lipinski definition) is 1. The van der Waals surface area contributed by atoms with Crippen LogP contribution in [-0.2, 0) is 26.0 Å². The van der Waals surface area contributed by atoms with Crippen molar-refractivity contribution in [2.24, 2.45) is 0 Å². The highest BCUT2D eigenvalue weighted by Crippen LogP contribution is 2.26. The van der Waals surface area contributed by atoms with Crippen LogP contribution < -0.4 is 9.46 Å². The van der Waals surface area contributed by atoms with E-state index in [2.05, 4.69) is 4.72 Å². The van der Waals surface area contributed by atoms with Gasteiger partial charge < -0.3 is 9.47 Å². The van der Waals surface area contributed by atoms with Gasteiger partial charge in [0.05, 0.1) is 19.8 Å². The summed E-state index contributed by atoms with van der Waals surface area (Å²) in [6, 6.07) is 5.07. The van der Waals surface area contributed by atoms with E-state index in [9.17, 15) is 13.2 Å². The molecule has 1 aromatic carbocycles. The van der Waals surface area contributed by atoms with Crippen molar-refractivity contribution < 1.29 is 22.7 Å². The number of rotatable bonds is 7. The minimum absolute atomic E-state index is 0.0181. The molecule has 1 aromatic rings. The second kappa shape index (κ2) is 7.63. The Kier molecular flexibility index (Phi) is 6.44. The van der Waals surface area contributed by atoms with Crippen LogP contribution in [-0.4, -0.2) is 40.4 Å². The highest BCUT2D eigenvalue weighted by Gasteiger charge is 2.16. The molecule has 0 aliphatic heterocycles. The summed E-state index contributed by atoms with van der Waals surface area (Å²) in [5.41, 5.74) is 0.537. The number of benzene rings is 1. The third-order valence-electron chi connectivity index (χ3n) is 2.58. The maximum atomic E-state index is 11.9. The summed E-state index contributed by atoms with van der Waals surface area (Å²) in [4.78, 5) is 11.9. The molecule has 0 radical (unpaired) electrons. The molecule has 8 heteroatoms. The molecule has 0 amide bonds. The van der Waals surface area contributed by atoms with Crippen LogP contribution in [0, 0.1) is 0 Å². The zero-order valence-corrected chi connectivity index (χ0v) is 13.6. The largest absolute Gasteiger partial charge is 0.496 e. The molecule has 0 saturated heterocycles. The van der Waals surface area contributed by atoms with E-state index in [1.807, 2.05) is 0 Å². The van der Waals surface area contributed by atoms with E-state index in [1.165, 1.54) is 7.11 Å². The lowest BCUT2D eigenvalue weighted by Crippen LogP contribution is -2.32. The average molecular weight is 336 g/mol. The normalized spacial score (nSPS) is 12.8. The lowest BCUT2D eigenvalue weighted by Gasteiger charge is -2.15. The van der Waals surface area contributed by atoms with Gasteiger partial charge in [-0.25, -0.2) is 13.1 Å². The van der Waals surface area contributed by atoms with Crippen molar-refractivity contribution >= 4 is 27.6 Å². The number of carbonyl (C=O) groups excluding carboxylic acids is 1. The molecule has 0 aliphatic carbocycles. The van der Waals surface area contributed by atoms with Crippen LogP contribution in [0.25, 0.3) is 0 Å². The summed E-state index contributed by atoms with van der Waals surface area (Å²) in [7, 11) is -1.83. The third kappa shape index (κ3) is 6.33. The molecule has 6 nitrogen and oxygen atoms in total. The van der Waals surface area contributed by atoms with E-state index in [-0.39, 0.29) is 13.0 Å². The molecule has 0 spiro atoms. The highest BCUT2D eigenvalue weighted by molar-refractivity contribution is 7.88. The first-order valence-corrected chi connectivity index (χ1v) is 8.45. The fraction of sp³-hybridized carbons (Fsp3) is 0.462. The zero-order chi connectivity index (χ0) is 16.0. The predicted molar refractivity (Wildman–Crippen MR) is 80.1 cm³/mol. The second-order valence-corrected chi connectivity index (χ2v) is 6.76. The predicted octanol–water partition coefficient (Wildman–Crippen LogP) is 1.37. The molecule has 1 atom stereocenters. The van der Waals surface area contributed by atoms with E-state index < -0.39 is 22.1 Å². The number of ether oxygens (including phenoxy) is 2. The molecule has 0 aromatic heterocycles. The van der Waals surface area contributed by atoms with E-state index in [0.717, 1.165) is 6.26 Å². The first-order chi connectivity index (χ1) is 9.73. The number of carbonyl (C=O) groups is 1. The molecule has 21 heavy (non-hydrogen) atoms. The monoisotopic (exact) mass is 335 g/mol. The maximum Gasteiger partial charge on any atom is 0.310 e. The first kappa shape index (κ1) is 17.7. The molecule has 1 N–H and O–H groups in total. The number of esters is 1. The summed E-state index contributed by atoms with van der Waals surface area (Å²) < 4.78 is 34.4. The summed E-state index contributed by atoms with van der Waals surface area (Å²) in [6.07, 6.45) is 0.406. The second-order valence-electron chi connectivity index (χ2n) is 4.52. The van der Waals surface area contributed by atoms with Crippen molar-refractivity contribution in [1.82, 2.24) is 4.72 Å². The molecule has 0 saturated carbocycles. The van der Waals surface area contributed by atoms with E-state index in [4.69, 9.17) is 21.1 Å². The lowest BCUT2D eigenvalue weighted by molar-refractivity contribution is -0.147. The molecular formula is C13H18ClNO5S. The molecule has 118 valence electrons. The van der Waals surface area contributed by atoms with Crippen molar-refractivity contribution in [2.75, 3.05) is 19.9 Å². The van der Waals surface area contributed by atoms with Crippen molar-refractivity contribution in [3.8, 4) is 5.75 Å². The Balaban J connectivity index is 2.62. The molecule has 0 heterocycles. The molecule has 0 aliphatic rings. The smallest absolute Gasteiger partial charge is 0.310 e. The van der Waals surface area contributed by atoms with Crippen molar-refractivity contribution in [1.29, 1.82) is 0 Å². The third-order valence-corrected chi connectivity index (χ3v) is 3.63. The fourth-order valence-electron chi connectivity index (χ4n) is 1.62. The van der Waals surface area contributed by atoms with Gasteiger partial charge in [-0.3, -0.25) is 4.79 Å². The van der Waals surface area contributed by atoms with Crippen molar-refractivity contribution in [3.63, 3.8) is 0 Å². The topological polar surface area (TPSA) is 81.7 Å². The first-order valence-electron chi connectivity index (χ1n) is 6.18. The van der Waals surface area contributed by atoms with Crippen LogP contribution in [0.4, 0.5) is 0 Å². The Morgan fingerprint density at radius 3 is 2.67 bits per heavy atom. The summed E-state index contributed by atoms with van der Waals surface area (Å²) >= 11 is 6.03. The number of hydrogen-bond acceptors (Lipinski definition) is 5. The lowest BCUT2D eigenvalue weighted by atomic mass is 10.1. The van der Waals surface area contributed by atoms with Gasteiger partial charge in [0.1, 0.15) is 11.9 Å². The quantitative estimate of drug-likeness (QED) is 0.761. The summed E-state index contributed by atoms with van der Waals surface area (Å²) in [5.74, 6) is -0.00874. The highest BCUT2D eigenvalue weighted by atomic mass is 35.5. The summed E-state index contributed by atoms with van der Waals surface area (Å²) in [6.45, 7) is 1.62. The fourth-order valence-corrected chi connectivity index (χ4v) is 2.39. The Hall–Kier alpha value is -1.31. The van der Waals surface area contributed by atoms with Gasteiger partial charge >= 0.3 is 5.97 Å². The molecule has 1 rings (SSSR count). The molecular weight excluding hydrogens is 318 g/mol. The van der Waals surface area contributed by atoms with Gasteiger partial charge in [0.15, 0.2) is 0 Å². The Bertz CT molecular complexity index is 603. The zero-order valence-electron chi connectivity index (χ0n) is 12.1. The number of sulfonamides is 1. The van der Waals surface area contributed by atoms with E-state index >= 15 is 0 Å². The average Bonchev–Trinajstić information content (AvgIpc) is 2.38. The molecule has 0 unspecified atom stereocenters. The Labute approximate surface area is 129 Å². The van der Waals surface area contributed by atoms with Crippen LogP contribution in [0.1, 0.15) is 12.5 Å². The van der Waals surface area contributed by atoms with Crippen LogP contribution in [0.15, 0.2) is 18.2 Å². The van der Waals surface area contributed by atoms with Gasteiger partial charge in [0.25, 0.3) is 0 Å². The molecule has 0 fully saturated rings. The van der Waals surface area contributed by atoms with Crippen LogP contribution in [0.2, 0.25) is 5.02 Å².